The van der Waals surface area contributed by atoms with E-state index in [9.17, 15) is 8.63 Å². The first-order valence-electron chi connectivity index (χ1n) is 2.22. The van der Waals surface area contributed by atoms with Gasteiger partial charge in [0, 0.05) is 0 Å². The van der Waals surface area contributed by atoms with Crippen molar-refractivity contribution in [1.29, 1.82) is 0 Å². The highest BCUT2D eigenvalue weighted by Gasteiger charge is 2.19. The monoisotopic (exact) mass is 119 g/mol. The summed E-state index contributed by atoms with van der Waals surface area (Å²) in [5.74, 6) is 0. The molecule has 0 rings (SSSR count). The van der Waals surface area contributed by atoms with E-state index in [0.717, 1.165) is 4.81 Å². The molecular weight excluding hydrogens is 111 g/mol. The summed E-state index contributed by atoms with van der Waals surface area (Å²) in [6.45, 7) is 4.86. The summed E-state index contributed by atoms with van der Waals surface area (Å²) in [5.41, 5.74) is 0.375. The minimum Gasteiger partial charge on any atom is -0.363 e. The Kier molecular flexibility index (Phi) is 2.51. The lowest BCUT2D eigenvalue weighted by Gasteiger charge is -2.13. The third-order valence-corrected chi connectivity index (χ3v) is 0.895. The maximum absolute atomic E-state index is 11.5. The molecule has 0 spiro atoms. The van der Waals surface area contributed by atoms with Crippen LogP contribution in [-0.2, 0) is 0 Å². The highest BCUT2D eigenvalue weighted by molar-refractivity contribution is 6.39. The summed E-state index contributed by atoms with van der Waals surface area (Å²) < 4.78 is 23.1. The van der Waals surface area contributed by atoms with E-state index in [0.29, 0.717) is 5.70 Å². The van der Waals surface area contributed by atoms with E-state index >= 15 is 0 Å². The van der Waals surface area contributed by atoms with Crippen molar-refractivity contribution in [3.63, 3.8) is 0 Å². The molecule has 0 aromatic carbocycles. The first kappa shape index (κ1) is 7.46. The molecule has 0 saturated carbocycles. The van der Waals surface area contributed by atoms with Gasteiger partial charge in [-0.1, -0.05) is 6.58 Å². The molecule has 1 nitrogen and oxygen atoms in total. The van der Waals surface area contributed by atoms with Crippen LogP contribution in [0.25, 0.3) is 0 Å². The van der Waals surface area contributed by atoms with Gasteiger partial charge < -0.3 is 4.81 Å². The van der Waals surface area contributed by atoms with E-state index in [1.807, 2.05) is 0 Å². The Labute approximate surface area is 48.2 Å². The van der Waals surface area contributed by atoms with Crippen LogP contribution in [0.4, 0.5) is 8.63 Å². The first-order chi connectivity index (χ1) is 3.55. The van der Waals surface area contributed by atoms with Gasteiger partial charge >= 0.3 is 7.40 Å². The molecule has 0 unspecified atom stereocenters. The Morgan fingerprint density at radius 3 is 2.00 bits per heavy atom. The molecule has 0 aliphatic heterocycles. The lowest BCUT2D eigenvalue weighted by Crippen LogP contribution is -2.25. The molecule has 0 bridgehead atoms. The zero-order valence-corrected chi connectivity index (χ0v) is 4.99. The second-order valence-electron chi connectivity index (χ2n) is 1.62. The molecule has 0 amide bonds. The van der Waals surface area contributed by atoms with E-state index in [4.69, 9.17) is 0 Å². The maximum Gasteiger partial charge on any atom is 0.672 e. The van der Waals surface area contributed by atoms with Crippen LogP contribution in [0.15, 0.2) is 12.3 Å². The van der Waals surface area contributed by atoms with Crippen molar-refractivity contribution in [3.8, 4) is 0 Å². The largest absolute Gasteiger partial charge is 0.672 e. The van der Waals surface area contributed by atoms with Crippen LogP contribution in [0.3, 0.4) is 0 Å². The Morgan fingerprint density at radius 2 is 2.00 bits per heavy atom. The van der Waals surface area contributed by atoms with Gasteiger partial charge in [0.15, 0.2) is 0 Å². The van der Waals surface area contributed by atoms with E-state index in [1.165, 1.54) is 14.0 Å². The van der Waals surface area contributed by atoms with Gasteiger partial charge in [0.1, 0.15) is 0 Å². The fraction of sp³-hybridized carbons (Fsp3) is 0.500. The summed E-state index contributed by atoms with van der Waals surface area (Å²) >= 11 is 0. The van der Waals surface area contributed by atoms with Gasteiger partial charge in [-0.25, -0.2) is 0 Å². The van der Waals surface area contributed by atoms with Crippen molar-refractivity contribution in [2.45, 2.75) is 6.92 Å². The predicted octanol–water partition coefficient (Wildman–Crippen LogP) is 1.38. The fourth-order valence-corrected chi connectivity index (χ4v) is 0.167. The molecule has 0 N–H and O–H groups in total. The predicted molar refractivity (Wildman–Crippen MR) is 30.5 cm³/mol. The molecule has 0 atom stereocenters. The van der Waals surface area contributed by atoms with Crippen molar-refractivity contribution in [2.75, 3.05) is 7.05 Å². The number of allylic oxidation sites excluding steroid dienone is 1. The second kappa shape index (κ2) is 2.69. The van der Waals surface area contributed by atoms with Crippen molar-refractivity contribution in [3.05, 3.63) is 12.3 Å². The van der Waals surface area contributed by atoms with Crippen molar-refractivity contribution >= 4 is 7.40 Å². The molecule has 8 heavy (non-hydrogen) atoms. The summed E-state index contributed by atoms with van der Waals surface area (Å²) in [5, 5.41) is 0. The third-order valence-electron chi connectivity index (χ3n) is 0.895. The SMILES string of the molecule is C=C(C)N(C)B(F)F. The normalized spacial score (nSPS) is 8.50. The van der Waals surface area contributed by atoms with E-state index in [-0.39, 0.29) is 0 Å². The van der Waals surface area contributed by atoms with Gasteiger partial charge in [-0.2, -0.15) is 0 Å². The van der Waals surface area contributed by atoms with Gasteiger partial charge in [0.25, 0.3) is 0 Å². The van der Waals surface area contributed by atoms with Crippen LogP contribution < -0.4 is 0 Å². The molecule has 0 saturated heterocycles. The van der Waals surface area contributed by atoms with Crippen molar-refractivity contribution in [1.82, 2.24) is 4.81 Å². The van der Waals surface area contributed by atoms with Crippen LogP contribution in [0, 0.1) is 0 Å². The topological polar surface area (TPSA) is 3.24 Å². The van der Waals surface area contributed by atoms with E-state index in [2.05, 4.69) is 6.58 Å². The molecule has 0 fully saturated rings. The van der Waals surface area contributed by atoms with Crippen LogP contribution in [0.1, 0.15) is 6.92 Å². The number of rotatable bonds is 2. The van der Waals surface area contributed by atoms with Crippen molar-refractivity contribution < 1.29 is 8.63 Å². The third kappa shape index (κ3) is 1.96. The molecule has 4 heteroatoms. The van der Waals surface area contributed by atoms with Gasteiger partial charge in [-0.05, 0) is 19.7 Å². The standard InChI is InChI=1S/C4H8BF2N/c1-4(2)8(3)5(6)7/h1H2,2-3H3. The lowest BCUT2D eigenvalue weighted by atomic mass is 10.2. The molecule has 0 aromatic rings. The van der Waals surface area contributed by atoms with E-state index in [1.54, 1.807) is 0 Å². The summed E-state index contributed by atoms with van der Waals surface area (Å²) in [6.07, 6.45) is 0. The zero-order chi connectivity index (χ0) is 6.73. The minimum absolute atomic E-state index is 0.375. The van der Waals surface area contributed by atoms with Crippen LogP contribution in [0.5, 0.6) is 0 Å². The number of hydrogen-bond acceptors (Lipinski definition) is 1. The number of hydrogen-bond donors (Lipinski definition) is 0. The molecule has 0 aromatic heterocycles. The molecular formula is C4H8BF2N. The van der Waals surface area contributed by atoms with E-state index < -0.39 is 7.40 Å². The second-order valence-corrected chi connectivity index (χ2v) is 1.62. The van der Waals surface area contributed by atoms with Crippen LogP contribution >= 0.6 is 0 Å². The smallest absolute Gasteiger partial charge is 0.363 e. The average molecular weight is 119 g/mol. The Morgan fingerprint density at radius 1 is 1.62 bits per heavy atom. The van der Waals surface area contributed by atoms with Crippen LogP contribution in [-0.4, -0.2) is 19.3 Å². The number of nitrogens with zero attached hydrogens (tertiary/aromatic N) is 1. The quantitative estimate of drug-likeness (QED) is 0.496. The molecule has 0 radical (unpaired) electrons. The zero-order valence-electron chi connectivity index (χ0n) is 4.99. The molecule has 46 valence electrons. The van der Waals surface area contributed by atoms with Crippen LogP contribution in [0.2, 0.25) is 0 Å². The van der Waals surface area contributed by atoms with Gasteiger partial charge in [-0.15, -0.1) is 0 Å². The summed E-state index contributed by atoms with van der Waals surface area (Å²) in [6, 6.07) is 0. The summed E-state index contributed by atoms with van der Waals surface area (Å²) in [7, 11) is -1.13. The molecule has 0 aliphatic rings. The minimum atomic E-state index is -2.42. The highest BCUT2D eigenvalue weighted by Crippen LogP contribution is 2.00. The van der Waals surface area contributed by atoms with Gasteiger partial charge in [-0.3, -0.25) is 8.63 Å². The average Bonchev–Trinajstić information content (AvgIpc) is 1.64. The first-order valence-corrected chi connectivity index (χ1v) is 2.22. The Balaban J connectivity index is 3.64. The Bertz CT molecular complexity index is 94.0. The lowest BCUT2D eigenvalue weighted by molar-refractivity contribution is 0.488. The fourth-order valence-electron chi connectivity index (χ4n) is 0.167. The molecule has 0 aliphatic carbocycles. The maximum atomic E-state index is 11.5. The number of halogens is 2. The van der Waals surface area contributed by atoms with Gasteiger partial charge in [0.2, 0.25) is 0 Å². The highest BCUT2D eigenvalue weighted by atomic mass is 19.2. The van der Waals surface area contributed by atoms with Crippen molar-refractivity contribution in [2.24, 2.45) is 0 Å². The molecule has 0 heterocycles. The summed E-state index contributed by atoms with van der Waals surface area (Å²) in [4.78, 5) is 0.806. The van der Waals surface area contributed by atoms with Gasteiger partial charge in [0.05, 0.1) is 0 Å². The Hall–Kier alpha value is -0.535.